The molecular formula is C17H17Cl2NO4. The van der Waals surface area contributed by atoms with Gasteiger partial charge in [-0.05, 0) is 32.4 Å². The zero-order valence-electron chi connectivity index (χ0n) is 13.5. The number of ether oxygens (including phenoxy) is 2. The van der Waals surface area contributed by atoms with Crippen molar-refractivity contribution in [1.82, 2.24) is 0 Å². The second-order valence-electron chi connectivity index (χ2n) is 5.20. The summed E-state index contributed by atoms with van der Waals surface area (Å²) in [6.07, 6.45) is 0. The molecule has 0 saturated heterocycles. The Morgan fingerprint density at radius 1 is 1.29 bits per heavy atom. The highest BCUT2D eigenvalue weighted by molar-refractivity contribution is 6.42. The fourth-order valence-electron chi connectivity index (χ4n) is 2.70. The Morgan fingerprint density at radius 2 is 1.96 bits per heavy atom. The normalized spacial score (nSPS) is 17.6. The molecular weight excluding hydrogens is 353 g/mol. The van der Waals surface area contributed by atoms with Crippen LogP contribution in [0.3, 0.4) is 0 Å². The number of rotatable bonds is 4. The summed E-state index contributed by atoms with van der Waals surface area (Å²) in [5.41, 5.74) is 6.73. The Kier molecular flexibility index (Phi) is 5.57. The van der Waals surface area contributed by atoms with E-state index < -0.39 is 11.9 Å². The molecule has 1 aliphatic heterocycles. The molecule has 2 rings (SSSR count). The molecule has 0 aromatic heterocycles. The standard InChI is InChI=1S/C17H17Cl2NO4/c1-4-23-17(22)14-13(10-6-5-7-11(18)15(10)19)12(8(2)21)9(3)24-16(14)20/h5-7,13H,4,20H2,1-3H3/t13-/m1/s1. The highest BCUT2D eigenvalue weighted by Crippen LogP contribution is 2.44. The molecule has 0 bridgehead atoms. The number of Topliss-reactive ketones (excluding diaryl/α,β-unsaturated/α-hetero) is 1. The van der Waals surface area contributed by atoms with Crippen molar-refractivity contribution in [3.8, 4) is 0 Å². The molecule has 128 valence electrons. The third-order valence-corrected chi connectivity index (χ3v) is 4.49. The van der Waals surface area contributed by atoms with E-state index in [2.05, 4.69) is 0 Å². The van der Waals surface area contributed by atoms with Gasteiger partial charge in [0.2, 0.25) is 5.88 Å². The second kappa shape index (κ2) is 7.28. The van der Waals surface area contributed by atoms with Crippen LogP contribution < -0.4 is 5.73 Å². The van der Waals surface area contributed by atoms with Gasteiger partial charge in [0.1, 0.15) is 11.3 Å². The third kappa shape index (κ3) is 3.28. The Bertz CT molecular complexity index is 768. The van der Waals surface area contributed by atoms with Crippen LogP contribution in [-0.4, -0.2) is 18.4 Å². The number of allylic oxidation sites excluding steroid dienone is 2. The molecule has 5 nitrogen and oxygen atoms in total. The Balaban J connectivity index is 2.73. The quantitative estimate of drug-likeness (QED) is 0.818. The number of halogens is 2. The Labute approximate surface area is 150 Å². The summed E-state index contributed by atoms with van der Waals surface area (Å²) in [5.74, 6) is -1.53. The van der Waals surface area contributed by atoms with E-state index in [9.17, 15) is 9.59 Å². The number of hydrogen-bond acceptors (Lipinski definition) is 5. The van der Waals surface area contributed by atoms with Gasteiger partial charge in [0.05, 0.1) is 22.6 Å². The molecule has 0 saturated carbocycles. The van der Waals surface area contributed by atoms with Crippen molar-refractivity contribution in [2.45, 2.75) is 26.7 Å². The molecule has 0 aliphatic carbocycles. The van der Waals surface area contributed by atoms with Crippen LogP contribution in [0.4, 0.5) is 0 Å². The smallest absolute Gasteiger partial charge is 0.340 e. The summed E-state index contributed by atoms with van der Waals surface area (Å²) < 4.78 is 10.5. The molecule has 1 aromatic rings. The largest absolute Gasteiger partial charge is 0.462 e. The van der Waals surface area contributed by atoms with Crippen molar-refractivity contribution in [2.24, 2.45) is 5.73 Å². The highest BCUT2D eigenvalue weighted by atomic mass is 35.5. The molecule has 1 heterocycles. The maximum Gasteiger partial charge on any atom is 0.340 e. The summed E-state index contributed by atoms with van der Waals surface area (Å²) >= 11 is 12.4. The van der Waals surface area contributed by atoms with E-state index in [0.717, 1.165) is 0 Å². The molecule has 1 aromatic carbocycles. The van der Waals surface area contributed by atoms with E-state index in [1.807, 2.05) is 0 Å². The Morgan fingerprint density at radius 3 is 2.54 bits per heavy atom. The molecule has 1 atom stereocenters. The van der Waals surface area contributed by atoms with E-state index in [-0.39, 0.29) is 34.4 Å². The van der Waals surface area contributed by atoms with Crippen LogP contribution in [0.25, 0.3) is 0 Å². The van der Waals surface area contributed by atoms with Gasteiger partial charge in [0.15, 0.2) is 5.78 Å². The highest BCUT2D eigenvalue weighted by Gasteiger charge is 2.39. The molecule has 0 radical (unpaired) electrons. The number of nitrogens with two attached hydrogens (primary N) is 1. The number of benzene rings is 1. The summed E-state index contributed by atoms with van der Waals surface area (Å²) in [7, 11) is 0. The first-order valence-electron chi connectivity index (χ1n) is 7.29. The van der Waals surface area contributed by atoms with E-state index in [1.54, 1.807) is 32.0 Å². The third-order valence-electron chi connectivity index (χ3n) is 3.65. The van der Waals surface area contributed by atoms with Crippen molar-refractivity contribution >= 4 is 35.0 Å². The van der Waals surface area contributed by atoms with Gasteiger partial charge >= 0.3 is 5.97 Å². The van der Waals surface area contributed by atoms with Crippen LogP contribution in [0.15, 0.2) is 41.0 Å². The number of carbonyl (C=O) groups excluding carboxylic acids is 2. The maximum absolute atomic E-state index is 12.4. The van der Waals surface area contributed by atoms with E-state index in [4.69, 9.17) is 38.4 Å². The monoisotopic (exact) mass is 369 g/mol. The number of hydrogen-bond donors (Lipinski definition) is 1. The summed E-state index contributed by atoms with van der Waals surface area (Å²) in [6, 6.07) is 4.99. The lowest BCUT2D eigenvalue weighted by molar-refractivity contribution is -0.139. The lowest BCUT2D eigenvalue weighted by Crippen LogP contribution is -2.29. The second-order valence-corrected chi connectivity index (χ2v) is 5.99. The van der Waals surface area contributed by atoms with E-state index in [0.29, 0.717) is 16.3 Å². The van der Waals surface area contributed by atoms with Gasteiger partial charge in [0.25, 0.3) is 0 Å². The SMILES string of the molecule is CCOC(=O)C1=C(N)OC(C)=C(C(C)=O)[C@H]1c1cccc(Cl)c1Cl. The molecule has 7 heteroatoms. The number of ketones is 1. The van der Waals surface area contributed by atoms with E-state index in [1.165, 1.54) is 6.92 Å². The number of carbonyl (C=O) groups is 2. The topological polar surface area (TPSA) is 78.6 Å². The van der Waals surface area contributed by atoms with Crippen molar-refractivity contribution in [1.29, 1.82) is 0 Å². The zero-order chi connectivity index (χ0) is 18.0. The van der Waals surface area contributed by atoms with Crippen LogP contribution in [0.1, 0.15) is 32.3 Å². The number of esters is 1. The molecule has 0 spiro atoms. The fraction of sp³-hybridized carbons (Fsp3) is 0.294. The van der Waals surface area contributed by atoms with Crippen LogP contribution in [0.2, 0.25) is 10.0 Å². The summed E-state index contributed by atoms with van der Waals surface area (Å²) in [6.45, 7) is 4.82. The minimum Gasteiger partial charge on any atom is -0.462 e. The fourth-order valence-corrected chi connectivity index (χ4v) is 3.11. The van der Waals surface area contributed by atoms with Crippen LogP contribution >= 0.6 is 23.2 Å². The first kappa shape index (κ1) is 18.4. The van der Waals surface area contributed by atoms with Gasteiger partial charge in [-0.15, -0.1) is 0 Å². The van der Waals surface area contributed by atoms with Gasteiger partial charge in [-0.25, -0.2) is 4.79 Å². The van der Waals surface area contributed by atoms with E-state index >= 15 is 0 Å². The lowest BCUT2D eigenvalue weighted by Gasteiger charge is -2.29. The van der Waals surface area contributed by atoms with Crippen molar-refractivity contribution in [2.75, 3.05) is 6.61 Å². The first-order valence-corrected chi connectivity index (χ1v) is 8.05. The predicted octanol–water partition coefficient (Wildman–Crippen LogP) is 3.70. The average Bonchev–Trinajstić information content (AvgIpc) is 2.49. The van der Waals surface area contributed by atoms with Crippen LogP contribution in [0.5, 0.6) is 0 Å². The van der Waals surface area contributed by atoms with Gasteiger partial charge in [0, 0.05) is 5.57 Å². The van der Waals surface area contributed by atoms with Gasteiger partial charge in [-0.3, -0.25) is 4.79 Å². The summed E-state index contributed by atoms with van der Waals surface area (Å²) in [5, 5.41) is 0.551. The molecule has 1 aliphatic rings. The molecule has 2 N–H and O–H groups in total. The minimum atomic E-state index is -0.804. The molecule has 24 heavy (non-hydrogen) atoms. The van der Waals surface area contributed by atoms with Crippen molar-refractivity contribution < 1.29 is 19.1 Å². The van der Waals surface area contributed by atoms with Crippen molar-refractivity contribution in [3.63, 3.8) is 0 Å². The molecule has 0 unspecified atom stereocenters. The van der Waals surface area contributed by atoms with Gasteiger partial charge in [-0.2, -0.15) is 0 Å². The predicted molar refractivity (Wildman–Crippen MR) is 91.5 cm³/mol. The van der Waals surface area contributed by atoms with Gasteiger partial charge in [-0.1, -0.05) is 35.3 Å². The Hall–Kier alpha value is -1.98. The van der Waals surface area contributed by atoms with Crippen LogP contribution in [0, 0.1) is 0 Å². The van der Waals surface area contributed by atoms with Gasteiger partial charge < -0.3 is 15.2 Å². The lowest BCUT2D eigenvalue weighted by atomic mass is 9.81. The summed E-state index contributed by atoms with van der Waals surface area (Å²) in [4.78, 5) is 24.6. The first-order chi connectivity index (χ1) is 11.3. The minimum absolute atomic E-state index is 0.0387. The maximum atomic E-state index is 12.4. The average molecular weight is 370 g/mol. The van der Waals surface area contributed by atoms with Crippen LogP contribution in [-0.2, 0) is 19.1 Å². The molecule has 0 amide bonds. The van der Waals surface area contributed by atoms with Crippen molar-refractivity contribution in [3.05, 3.63) is 56.6 Å². The molecule has 0 fully saturated rings. The zero-order valence-corrected chi connectivity index (χ0v) is 15.0.